The molecule has 1 amide bonds. The first kappa shape index (κ1) is 19.4. The minimum atomic E-state index is -1.10. The molecule has 0 saturated carbocycles. The summed E-state index contributed by atoms with van der Waals surface area (Å²) in [5, 5.41) is 13.5. The predicted molar refractivity (Wildman–Crippen MR) is 99.1 cm³/mol. The van der Waals surface area contributed by atoms with Gasteiger partial charge in [0.2, 0.25) is 0 Å². The van der Waals surface area contributed by atoms with Crippen LogP contribution in [0.1, 0.15) is 17.3 Å². The van der Waals surface area contributed by atoms with Gasteiger partial charge in [0, 0.05) is 10.9 Å². The number of phenols is 1. The van der Waals surface area contributed by atoms with Crippen LogP contribution in [0.2, 0.25) is 0 Å². The van der Waals surface area contributed by atoms with Crippen molar-refractivity contribution >= 4 is 28.3 Å². The summed E-state index contributed by atoms with van der Waals surface area (Å²) >= 11 is 1.09. The van der Waals surface area contributed by atoms with E-state index in [9.17, 15) is 23.5 Å². The number of thiazole rings is 1. The molecule has 0 unspecified atom stereocenters. The van der Waals surface area contributed by atoms with Crippen LogP contribution in [-0.2, 0) is 9.53 Å². The maximum atomic E-state index is 13.3. The smallest absolute Gasteiger partial charge is 0.338 e. The lowest BCUT2D eigenvalue weighted by Crippen LogP contribution is -2.29. The average molecular weight is 404 g/mol. The van der Waals surface area contributed by atoms with Gasteiger partial charge >= 0.3 is 5.97 Å². The summed E-state index contributed by atoms with van der Waals surface area (Å²) in [5.74, 6) is -3.27. The molecule has 6 nitrogen and oxygen atoms in total. The molecule has 0 aliphatic heterocycles. The summed E-state index contributed by atoms with van der Waals surface area (Å²) in [6, 6.07) is 8.79. The molecular weight excluding hydrogens is 390 g/mol. The number of benzene rings is 2. The van der Waals surface area contributed by atoms with Gasteiger partial charge in [-0.15, -0.1) is 11.3 Å². The Bertz CT molecular complexity index is 1020. The highest BCUT2D eigenvalue weighted by Gasteiger charge is 2.20. The number of amides is 1. The Kier molecular flexibility index (Phi) is 5.65. The Balaban J connectivity index is 1.62. The van der Waals surface area contributed by atoms with Crippen LogP contribution in [0.4, 0.5) is 13.9 Å². The minimum absolute atomic E-state index is 0.00273. The number of carbonyl (C=O) groups is 2. The van der Waals surface area contributed by atoms with E-state index < -0.39 is 29.6 Å². The fraction of sp³-hybridized carbons (Fsp3) is 0.105. The second-order valence-corrected chi connectivity index (χ2v) is 6.61. The summed E-state index contributed by atoms with van der Waals surface area (Å²) in [6.07, 6.45) is -1.10. The number of carbonyl (C=O) groups excluding carboxylic acids is 2. The largest absolute Gasteiger partial charge is 0.508 e. The third-order valence-corrected chi connectivity index (χ3v) is 4.46. The highest BCUT2D eigenvalue weighted by molar-refractivity contribution is 7.14. The number of esters is 1. The van der Waals surface area contributed by atoms with E-state index >= 15 is 0 Å². The molecule has 144 valence electrons. The maximum Gasteiger partial charge on any atom is 0.338 e. The fourth-order valence-electron chi connectivity index (χ4n) is 2.21. The van der Waals surface area contributed by atoms with Crippen molar-refractivity contribution in [1.29, 1.82) is 0 Å². The molecule has 0 radical (unpaired) electrons. The molecule has 28 heavy (non-hydrogen) atoms. The van der Waals surface area contributed by atoms with E-state index in [2.05, 4.69) is 10.3 Å². The molecule has 1 aromatic heterocycles. The summed E-state index contributed by atoms with van der Waals surface area (Å²) in [5.41, 5.74) is 0.919. The third-order valence-electron chi connectivity index (χ3n) is 3.71. The number of hydrogen-bond donors (Lipinski definition) is 2. The number of nitrogens with zero attached hydrogens (tertiary/aromatic N) is 1. The Hall–Kier alpha value is -3.33. The van der Waals surface area contributed by atoms with Gasteiger partial charge in [-0.2, -0.15) is 0 Å². The van der Waals surface area contributed by atoms with Crippen molar-refractivity contribution in [1.82, 2.24) is 4.98 Å². The zero-order chi connectivity index (χ0) is 20.3. The van der Waals surface area contributed by atoms with Crippen LogP contribution in [0.3, 0.4) is 0 Å². The van der Waals surface area contributed by atoms with E-state index in [0.29, 0.717) is 11.3 Å². The van der Waals surface area contributed by atoms with Gasteiger partial charge in [-0.1, -0.05) is 0 Å². The van der Waals surface area contributed by atoms with E-state index in [0.717, 1.165) is 23.5 Å². The van der Waals surface area contributed by atoms with Crippen molar-refractivity contribution in [3.05, 3.63) is 65.0 Å². The average Bonchev–Trinajstić information content (AvgIpc) is 3.12. The standard InChI is InChI=1S/C19H14F2N2O4S/c1-10(27-18(26)11-2-5-13(24)6-3-11)17(25)23-19-22-16(9-28-19)12-4-7-14(20)15(21)8-12/h2-10,24H,1H3,(H,22,23,25)/t10-/m0/s1. The lowest BCUT2D eigenvalue weighted by molar-refractivity contribution is -0.123. The number of aromatic nitrogens is 1. The summed E-state index contributed by atoms with van der Waals surface area (Å²) in [4.78, 5) is 28.4. The molecule has 2 N–H and O–H groups in total. The van der Waals surface area contributed by atoms with Gasteiger partial charge in [-0.05, 0) is 49.4 Å². The second kappa shape index (κ2) is 8.13. The van der Waals surface area contributed by atoms with Crippen molar-refractivity contribution in [3.63, 3.8) is 0 Å². The van der Waals surface area contributed by atoms with Crippen molar-refractivity contribution in [2.45, 2.75) is 13.0 Å². The lowest BCUT2D eigenvalue weighted by Gasteiger charge is -2.12. The molecule has 0 aliphatic rings. The van der Waals surface area contributed by atoms with Gasteiger partial charge in [-0.3, -0.25) is 10.1 Å². The normalized spacial score (nSPS) is 11.7. The topological polar surface area (TPSA) is 88.5 Å². The van der Waals surface area contributed by atoms with Gasteiger partial charge in [-0.25, -0.2) is 18.6 Å². The maximum absolute atomic E-state index is 13.3. The van der Waals surface area contributed by atoms with Gasteiger partial charge in [0.1, 0.15) is 5.75 Å². The molecule has 3 aromatic rings. The molecule has 0 saturated heterocycles. The SMILES string of the molecule is C[C@H](OC(=O)c1ccc(O)cc1)C(=O)Nc1nc(-c2ccc(F)c(F)c2)cs1. The summed E-state index contributed by atoms with van der Waals surface area (Å²) in [7, 11) is 0. The molecular formula is C19H14F2N2O4S. The minimum Gasteiger partial charge on any atom is -0.508 e. The first-order valence-electron chi connectivity index (χ1n) is 8.05. The lowest BCUT2D eigenvalue weighted by atomic mass is 10.2. The number of anilines is 1. The molecule has 0 aliphatic carbocycles. The highest BCUT2D eigenvalue weighted by atomic mass is 32.1. The zero-order valence-electron chi connectivity index (χ0n) is 14.5. The van der Waals surface area contributed by atoms with Crippen LogP contribution in [0.5, 0.6) is 5.75 Å². The molecule has 0 spiro atoms. The molecule has 3 rings (SSSR count). The molecule has 2 aromatic carbocycles. The Labute approximate surface area is 162 Å². The van der Waals surface area contributed by atoms with E-state index in [1.54, 1.807) is 5.38 Å². The van der Waals surface area contributed by atoms with Crippen LogP contribution < -0.4 is 5.32 Å². The zero-order valence-corrected chi connectivity index (χ0v) is 15.3. The number of halogens is 2. The van der Waals surface area contributed by atoms with E-state index in [4.69, 9.17) is 4.74 Å². The quantitative estimate of drug-likeness (QED) is 0.628. The molecule has 0 bridgehead atoms. The van der Waals surface area contributed by atoms with E-state index in [1.165, 1.54) is 37.3 Å². The van der Waals surface area contributed by atoms with Gasteiger partial charge in [0.25, 0.3) is 5.91 Å². The van der Waals surface area contributed by atoms with Gasteiger partial charge < -0.3 is 9.84 Å². The van der Waals surface area contributed by atoms with Crippen LogP contribution in [-0.4, -0.2) is 28.1 Å². The van der Waals surface area contributed by atoms with Crippen molar-refractivity contribution in [3.8, 4) is 17.0 Å². The monoisotopic (exact) mass is 404 g/mol. The van der Waals surface area contributed by atoms with Crippen LogP contribution in [0, 0.1) is 11.6 Å². The van der Waals surface area contributed by atoms with Crippen LogP contribution >= 0.6 is 11.3 Å². The number of ether oxygens (including phenoxy) is 1. The first-order chi connectivity index (χ1) is 13.3. The highest BCUT2D eigenvalue weighted by Crippen LogP contribution is 2.26. The third kappa shape index (κ3) is 4.49. The van der Waals surface area contributed by atoms with Gasteiger partial charge in [0.15, 0.2) is 22.9 Å². The number of rotatable bonds is 5. The summed E-state index contributed by atoms with van der Waals surface area (Å²) in [6.45, 7) is 1.40. The van der Waals surface area contributed by atoms with Crippen LogP contribution in [0.25, 0.3) is 11.3 Å². The molecule has 0 fully saturated rings. The summed E-state index contributed by atoms with van der Waals surface area (Å²) < 4.78 is 31.4. The number of aromatic hydroxyl groups is 1. The number of hydrogen-bond acceptors (Lipinski definition) is 6. The predicted octanol–water partition coefficient (Wildman–Crippen LogP) is 3.98. The van der Waals surface area contributed by atoms with Crippen molar-refractivity contribution < 1.29 is 28.2 Å². The molecule has 9 heteroatoms. The van der Waals surface area contributed by atoms with Crippen molar-refractivity contribution in [2.24, 2.45) is 0 Å². The fourth-order valence-corrected chi connectivity index (χ4v) is 2.93. The Morgan fingerprint density at radius 3 is 2.54 bits per heavy atom. The first-order valence-corrected chi connectivity index (χ1v) is 8.93. The van der Waals surface area contributed by atoms with E-state index in [1.807, 2.05) is 0 Å². The second-order valence-electron chi connectivity index (χ2n) is 5.75. The van der Waals surface area contributed by atoms with Gasteiger partial charge in [0.05, 0.1) is 11.3 Å². The van der Waals surface area contributed by atoms with Crippen molar-refractivity contribution in [2.75, 3.05) is 5.32 Å². The van der Waals surface area contributed by atoms with Crippen LogP contribution in [0.15, 0.2) is 47.8 Å². The Morgan fingerprint density at radius 2 is 1.86 bits per heavy atom. The van der Waals surface area contributed by atoms with E-state index in [-0.39, 0.29) is 16.4 Å². The Morgan fingerprint density at radius 1 is 1.14 bits per heavy atom. The molecule has 1 atom stereocenters. The number of nitrogens with one attached hydrogen (secondary N) is 1. The molecule has 1 heterocycles. The number of phenolic OH excluding ortho intramolecular Hbond substituents is 1.